The van der Waals surface area contributed by atoms with Crippen LogP contribution in [0.1, 0.15) is 5.56 Å². The van der Waals surface area contributed by atoms with Crippen LogP contribution in [-0.2, 0) is 26.1 Å². The summed E-state index contributed by atoms with van der Waals surface area (Å²) in [7, 11) is -3.78. The van der Waals surface area contributed by atoms with E-state index in [0.29, 0.717) is 5.56 Å². The van der Waals surface area contributed by atoms with Crippen LogP contribution in [0.3, 0.4) is 0 Å². The summed E-state index contributed by atoms with van der Waals surface area (Å²) in [5, 5.41) is 0.265. The molecule has 1 aromatic rings. The van der Waals surface area contributed by atoms with E-state index in [2.05, 4.69) is 4.74 Å². The van der Waals surface area contributed by atoms with Crippen molar-refractivity contribution in [1.82, 2.24) is 5.32 Å². The third kappa shape index (κ3) is 4.68. The minimum absolute atomic E-state index is 0.0504. The third-order valence-corrected chi connectivity index (χ3v) is 2.88. The van der Waals surface area contributed by atoms with Gasteiger partial charge in [-0.15, -0.1) is 0 Å². The minimum Gasteiger partial charge on any atom is -0.467 e. The van der Waals surface area contributed by atoms with Gasteiger partial charge in [0.1, 0.15) is 6.04 Å². The normalized spacial score (nSPS) is 12.5. The first-order valence-corrected chi connectivity index (χ1v) is 6.68. The molecule has 0 saturated carbocycles. The summed E-state index contributed by atoms with van der Waals surface area (Å²) in [5.41, 5.74) is 0.702. The third-order valence-electron chi connectivity index (χ3n) is 2.29. The molecule has 1 atom stereocenters. The molecule has 19 heavy (non-hydrogen) atoms. The van der Waals surface area contributed by atoms with Crippen molar-refractivity contribution >= 4 is 21.3 Å². The lowest BCUT2D eigenvalue weighted by atomic mass is 10.1. The second-order valence-corrected chi connectivity index (χ2v) is 4.99. The first-order valence-electron chi connectivity index (χ1n) is 5.24. The fourth-order valence-electron chi connectivity index (χ4n) is 1.40. The highest BCUT2D eigenvalue weighted by Gasteiger charge is 2.27. The summed E-state index contributed by atoms with van der Waals surface area (Å²) >= 11 is 0. The summed E-state index contributed by atoms with van der Waals surface area (Å²) in [5.74, 6) is -0.805. The van der Waals surface area contributed by atoms with Crippen molar-refractivity contribution in [1.29, 1.82) is 0 Å². The second kappa shape index (κ2) is 6.30. The number of hydrogen-bond acceptors (Lipinski definition) is 5. The average Bonchev–Trinajstić information content (AvgIpc) is 2.37. The van der Waals surface area contributed by atoms with Gasteiger partial charge in [-0.1, -0.05) is 30.3 Å². The number of nitrogens with one attached hydrogen (secondary N) is 1. The Morgan fingerprint density at radius 3 is 2.37 bits per heavy atom. The Morgan fingerprint density at radius 2 is 1.89 bits per heavy atom. The van der Waals surface area contributed by atoms with Gasteiger partial charge in [0.2, 0.25) is 0 Å². The molecule has 0 unspecified atom stereocenters. The predicted octanol–water partition coefficient (Wildman–Crippen LogP) is 0.368. The molecule has 1 amide bonds. The zero-order chi connectivity index (χ0) is 14.5. The van der Waals surface area contributed by atoms with Gasteiger partial charge in [-0.05, 0) is 5.56 Å². The lowest BCUT2D eigenvalue weighted by Crippen LogP contribution is -2.44. The lowest BCUT2D eigenvalue weighted by Gasteiger charge is -2.15. The van der Waals surface area contributed by atoms with E-state index >= 15 is 0 Å². The molecule has 1 aromatic carbocycles. The van der Waals surface area contributed by atoms with Gasteiger partial charge >= 0.3 is 21.3 Å². The van der Waals surface area contributed by atoms with Gasteiger partial charge in [-0.25, -0.2) is 4.79 Å². The zero-order valence-corrected chi connectivity index (χ0v) is 10.9. The van der Waals surface area contributed by atoms with E-state index in [9.17, 15) is 18.0 Å². The van der Waals surface area contributed by atoms with Crippen molar-refractivity contribution < 1.29 is 27.3 Å². The molecule has 0 heterocycles. The van der Waals surface area contributed by atoms with E-state index in [1.807, 2.05) is 5.32 Å². The Morgan fingerprint density at radius 1 is 1.32 bits per heavy atom. The van der Waals surface area contributed by atoms with Crippen molar-refractivity contribution in [3.8, 4) is 0 Å². The second-order valence-electron chi connectivity index (χ2n) is 3.67. The standard InChI is InChI=1S/C11H13NO6S/c1-18-10(13)9(12-11(14)19(15,16)17)7-8-5-3-2-4-6-8/h2-6,9H,7H2,1H3,(H,12,14)(H,15,16,17)/t9-/m0/s1. The highest BCUT2D eigenvalue weighted by molar-refractivity contribution is 8.01. The first kappa shape index (κ1) is 15.1. The van der Waals surface area contributed by atoms with Crippen molar-refractivity contribution in [2.24, 2.45) is 0 Å². The van der Waals surface area contributed by atoms with Crippen molar-refractivity contribution in [3.05, 3.63) is 35.9 Å². The maximum Gasteiger partial charge on any atom is 0.364 e. The Bertz CT molecular complexity index is 554. The van der Waals surface area contributed by atoms with Gasteiger partial charge in [-0.2, -0.15) is 8.42 Å². The summed E-state index contributed by atoms with van der Waals surface area (Å²) in [6.07, 6.45) is 0.0504. The fraction of sp³-hybridized carbons (Fsp3) is 0.273. The molecule has 0 bridgehead atoms. The Kier molecular flexibility index (Phi) is 5.02. The molecule has 0 radical (unpaired) electrons. The summed E-state index contributed by atoms with van der Waals surface area (Å²) in [6, 6.07) is 7.45. The summed E-state index contributed by atoms with van der Waals surface area (Å²) in [4.78, 5) is 22.6. The molecule has 104 valence electrons. The molecule has 0 saturated heterocycles. The van der Waals surface area contributed by atoms with Gasteiger partial charge in [0, 0.05) is 6.42 Å². The molecular formula is C11H13NO6S. The molecule has 0 spiro atoms. The van der Waals surface area contributed by atoms with E-state index in [1.165, 1.54) is 0 Å². The topological polar surface area (TPSA) is 110 Å². The molecular weight excluding hydrogens is 274 g/mol. The molecule has 7 nitrogen and oxygen atoms in total. The van der Waals surface area contributed by atoms with Crippen LogP contribution < -0.4 is 5.32 Å². The first-order chi connectivity index (χ1) is 8.84. The minimum atomic E-state index is -4.89. The van der Waals surface area contributed by atoms with E-state index < -0.39 is 27.4 Å². The quantitative estimate of drug-likeness (QED) is 0.611. The number of methoxy groups -OCH3 is 1. The monoisotopic (exact) mass is 287 g/mol. The van der Waals surface area contributed by atoms with Crippen molar-refractivity contribution in [2.75, 3.05) is 7.11 Å². The van der Waals surface area contributed by atoms with E-state index in [1.54, 1.807) is 30.3 Å². The van der Waals surface area contributed by atoms with Crippen LogP contribution in [0.15, 0.2) is 30.3 Å². The molecule has 8 heteroatoms. The van der Waals surface area contributed by atoms with Gasteiger partial charge in [0.15, 0.2) is 0 Å². The van der Waals surface area contributed by atoms with Gasteiger partial charge < -0.3 is 10.1 Å². The van der Waals surface area contributed by atoms with E-state index in [4.69, 9.17) is 4.55 Å². The number of ether oxygens (including phenoxy) is 1. The maximum absolute atomic E-state index is 11.5. The van der Waals surface area contributed by atoms with Crippen molar-refractivity contribution in [3.63, 3.8) is 0 Å². The van der Waals surface area contributed by atoms with Crippen LogP contribution in [0.5, 0.6) is 0 Å². The SMILES string of the molecule is COC(=O)[C@H](Cc1ccccc1)NC(=O)S(=O)(=O)O. The highest BCUT2D eigenvalue weighted by atomic mass is 32.2. The largest absolute Gasteiger partial charge is 0.467 e. The number of hydrogen-bond donors (Lipinski definition) is 2. The number of carbonyl (C=O) groups excluding carboxylic acids is 2. The molecule has 0 aliphatic carbocycles. The Balaban J connectivity index is 2.85. The van der Waals surface area contributed by atoms with Gasteiger partial charge in [0.25, 0.3) is 0 Å². The van der Waals surface area contributed by atoms with Gasteiger partial charge in [-0.3, -0.25) is 9.35 Å². The Labute approximate surface area is 110 Å². The molecule has 2 N–H and O–H groups in total. The van der Waals surface area contributed by atoms with Crippen LogP contribution in [0.4, 0.5) is 4.79 Å². The number of carbonyl (C=O) groups is 2. The van der Waals surface area contributed by atoms with E-state index in [0.717, 1.165) is 7.11 Å². The highest BCUT2D eigenvalue weighted by Crippen LogP contribution is 2.05. The summed E-state index contributed by atoms with van der Waals surface area (Å²) in [6.45, 7) is 0. The smallest absolute Gasteiger partial charge is 0.364 e. The number of amides is 1. The van der Waals surface area contributed by atoms with Crippen LogP contribution in [0.25, 0.3) is 0 Å². The fourth-order valence-corrected chi connectivity index (χ4v) is 1.69. The molecule has 1 rings (SSSR count). The van der Waals surface area contributed by atoms with Crippen LogP contribution in [0, 0.1) is 0 Å². The maximum atomic E-state index is 11.5. The van der Waals surface area contributed by atoms with Crippen molar-refractivity contribution in [2.45, 2.75) is 12.5 Å². The molecule has 0 fully saturated rings. The average molecular weight is 287 g/mol. The zero-order valence-electron chi connectivity index (χ0n) is 10.1. The number of rotatable bonds is 4. The van der Waals surface area contributed by atoms with Crippen LogP contribution >= 0.6 is 0 Å². The lowest BCUT2D eigenvalue weighted by molar-refractivity contribution is -0.142. The molecule has 0 aliphatic heterocycles. The molecule has 0 aliphatic rings. The van der Waals surface area contributed by atoms with Gasteiger partial charge in [0.05, 0.1) is 7.11 Å². The van der Waals surface area contributed by atoms with Crippen LogP contribution in [0.2, 0.25) is 0 Å². The van der Waals surface area contributed by atoms with E-state index in [-0.39, 0.29) is 6.42 Å². The predicted molar refractivity (Wildman–Crippen MR) is 66.0 cm³/mol. The summed E-state index contributed by atoms with van der Waals surface area (Å²) < 4.78 is 34.3. The number of esters is 1. The number of benzene rings is 1. The molecule has 0 aromatic heterocycles. The van der Waals surface area contributed by atoms with Crippen LogP contribution in [-0.4, -0.2) is 37.3 Å². The Hall–Kier alpha value is -1.93.